The molecular formula is C18H16FN3O. The maximum absolute atomic E-state index is 13.0. The monoisotopic (exact) mass is 309 g/mol. The highest BCUT2D eigenvalue weighted by atomic mass is 19.1. The Kier molecular flexibility index (Phi) is 4.19. The average molecular weight is 309 g/mol. The summed E-state index contributed by atoms with van der Waals surface area (Å²) in [6.07, 6.45) is 0. The number of H-pyrrole nitrogens is 1. The van der Waals surface area contributed by atoms with Crippen molar-refractivity contribution in [2.45, 2.75) is 13.0 Å². The minimum absolute atomic E-state index is 0.0113. The normalized spacial score (nSPS) is 11.9. The van der Waals surface area contributed by atoms with Crippen molar-refractivity contribution in [2.24, 2.45) is 0 Å². The van der Waals surface area contributed by atoms with Crippen LogP contribution in [0.25, 0.3) is 11.3 Å². The first-order valence-electron chi connectivity index (χ1n) is 7.30. The summed E-state index contributed by atoms with van der Waals surface area (Å²) in [5.74, 6) is 0.0582. The predicted molar refractivity (Wildman–Crippen MR) is 88.7 cm³/mol. The fourth-order valence-corrected chi connectivity index (χ4v) is 2.32. The van der Waals surface area contributed by atoms with Crippen molar-refractivity contribution in [3.05, 3.63) is 82.4 Å². The molecule has 0 aliphatic carbocycles. The van der Waals surface area contributed by atoms with Crippen LogP contribution < -0.4 is 10.9 Å². The van der Waals surface area contributed by atoms with E-state index in [1.54, 1.807) is 12.1 Å². The topological polar surface area (TPSA) is 57.8 Å². The second-order valence-corrected chi connectivity index (χ2v) is 5.26. The van der Waals surface area contributed by atoms with Crippen LogP contribution in [0.5, 0.6) is 0 Å². The summed E-state index contributed by atoms with van der Waals surface area (Å²) >= 11 is 0. The molecule has 0 radical (unpaired) electrons. The third-order valence-electron chi connectivity index (χ3n) is 3.53. The summed E-state index contributed by atoms with van der Waals surface area (Å²) in [5, 5.41) is 3.18. The third kappa shape index (κ3) is 3.63. The van der Waals surface area contributed by atoms with Gasteiger partial charge in [0.15, 0.2) is 0 Å². The van der Waals surface area contributed by atoms with Gasteiger partial charge in [-0.3, -0.25) is 9.78 Å². The number of benzene rings is 2. The molecule has 0 aliphatic heterocycles. The quantitative estimate of drug-likeness (QED) is 0.771. The number of aromatic amines is 1. The first kappa shape index (κ1) is 15.0. The minimum Gasteiger partial charge on any atom is -0.349 e. The first-order valence-corrected chi connectivity index (χ1v) is 7.30. The molecule has 0 aliphatic rings. The summed E-state index contributed by atoms with van der Waals surface area (Å²) in [5.41, 5.74) is 2.01. The molecule has 3 rings (SSSR count). The Bertz CT molecular complexity index is 844. The molecule has 0 saturated heterocycles. The van der Waals surface area contributed by atoms with Crippen LogP contribution in [0.3, 0.4) is 0 Å². The summed E-state index contributed by atoms with van der Waals surface area (Å²) in [6.45, 7) is 1.99. The molecule has 5 heteroatoms. The van der Waals surface area contributed by atoms with E-state index in [0.717, 1.165) is 5.56 Å². The van der Waals surface area contributed by atoms with Gasteiger partial charge in [0.1, 0.15) is 5.82 Å². The Balaban J connectivity index is 1.89. The number of anilines is 1. The van der Waals surface area contributed by atoms with Gasteiger partial charge in [-0.25, -0.2) is 9.37 Å². The lowest BCUT2D eigenvalue weighted by atomic mass is 10.1. The molecule has 1 atom stereocenters. The molecule has 0 amide bonds. The Hall–Kier alpha value is -2.95. The Morgan fingerprint density at radius 3 is 2.48 bits per heavy atom. The van der Waals surface area contributed by atoms with E-state index in [-0.39, 0.29) is 17.4 Å². The molecule has 1 aromatic heterocycles. The predicted octanol–water partition coefficient (Wildman–Crippen LogP) is 3.75. The number of hydrogen-bond donors (Lipinski definition) is 2. The minimum atomic E-state index is -0.324. The van der Waals surface area contributed by atoms with Gasteiger partial charge in [-0.15, -0.1) is 0 Å². The number of hydrogen-bond acceptors (Lipinski definition) is 3. The van der Waals surface area contributed by atoms with Crippen LogP contribution in [0.1, 0.15) is 18.5 Å². The summed E-state index contributed by atoms with van der Waals surface area (Å²) in [7, 11) is 0. The number of nitrogens with zero attached hydrogens (tertiary/aromatic N) is 1. The average Bonchev–Trinajstić information content (AvgIpc) is 2.56. The van der Waals surface area contributed by atoms with Crippen molar-refractivity contribution in [1.82, 2.24) is 9.97 Å². The fraction of sp³-hybridized carbons (Fsp3) is 0.111. The van der Waals surface area contributed by atoms with Gasteiger partial charge in [0.2, 0.25) is 5.95 Å². The highest BCUT2D eigenvalue weighted by Gasteiger charge is 2.08. The molecule has 0 fully saturated rings. The van der Waals surface area contributed by atoms with Crippen molar-refractivity contribution in [3.8, 4) is 11.3 Å². The van der Waals surface area contributed by atoms with Crippen LogP contribution in [0.15, 0.2) is 65.5 Å². The first-order chi connectivity index (χ1) is 11.1. The van der Waals surface area contributed by atoms with Crippen LogP contribution in [-0.2, 0) is 0 Å². The van der Waals surface area contributed by atoms with Crippen molar-refractivity contribution >= 4 is 5.95 Å². The Labute approximate surface area is 133 Å². The summed E-state index contributed by atoms with van der Waals surface area (Å²) in [6, 6.07) is 17.1. The van der Waals surface area contributed by atoms with Gasteiger partial charge in [-0.2, -0.15) is 0 Å². The number of rotatable bonds is 4. The molecular weight excluding hydrogens is 293 g/mol. The van der Waals surface area contributed by atoms with Crippen molar-refractivity contribution < 1.29 is 4.39 Å². The lowest BCUT2D eigenvalue weighted by Crippen LogP contribution is -2.15. The molecule has 2 N–H and O–H groups in total. The largest absolute Gasteiger partial charge is 0.349 e. The van der Waals surface area contributed by atoms with Gasteiger partial charge in [-0.05, 0) is 36.8 Å². The zero-order valence-electron chi connectivity index (χ0n) is 12.6. The van der Waals surface area contributed by atoms with Crippen LogP contribution in [-0.4, -0.2) is 9.97 Å². The van der Waals surface area contributed by atoms with E-state index in [2.05, 4.69) is 15.3 Å². The molecule has 1 unspecified atom stereocenters. The van der Waals surface area contributed by atoms with E-state index in [4.69, 9.17) is 0 Å². The zero-order chi connectivity index (χ0) is 16.2. The number of nitrogens with one attached hydrogen (secondary N) is 2. The third-order valence-corrected chi connectivity index (χ3v) is 3.53. The van der Waals surface area contributed by atoms with E-state index in [9.17, 15) is 9.18 Å². The number of aromatic nitrogens is 2. The molecule has 23 heavy (non-hydrogen) atoms. The van der Waals surface area contributed by atoms with E-state index in [1.165, 1.54) is 18.2 Å². The van der Waals surface area contributed by atoms with Gasteiger partial charge in [0, 0.05) is 11.6 Å². The fourth-order valence-electron chi connectivity index (χ4n) is 2.32. The second-order valence-electron chi connectivity index (χ2n) is 5.26. The number of halogens is 1. The Morgan fingerprint density at radius 1 is 1.09 bits per heavy atom. The van der Waals surface area contributed by atoms with Crippen molar-refractivity contribution in [2.75, 3.05) is 5.32 Å². The highest BCUT2D eigenvalue weighted by Crippen LogP contribution is 2.19. The molecule has 116 valence electrons. The molecule has 0 spiro atoms. The Morgan fingerprint density at radius 2 is 1.78 bits per heavy atom. The highest BCUT2D eigenvalue weighted by molar-refractivity contribution is 5.59. The van der Waals surface area contributed by atoms with Crippen LogP contribution in [0, 0.1) is 5.82 Å². The van der Waals surface area contributed by atoms with Gasteiger partial charge < -0.3 is 5.32 Å². The van der Waals surface area contributed by atoms with E-state index >= 15 is 0 Å². The van der Waals surface area contributed by atoms with Gasteiger partial charge in [-0.1, -0.05) is 30.3 Å². The summed E-state index contributed by atoms with van der Waals surface area (Å²) < 4.78 is 13.0. The van der Waals surface area contributed by atoms with Crippen LogP contribution in [0.4, 0.5) is 10.3 Å². The van der Waals surface area contributed by atoms with Crippen molar-refractivity contribution in [3.63, 3.8) is 0 Å². The van der Waals surface area contributed by atoms with E-state index in [1.807, 2.05) is 37.3 Å². The molecule has 2 aromatic carbocycles. The van der Waals surface area contributed by atoms with E-state index in [0.29, 0.717) is 17.2 Å². The molecule has 0 saturated carbocycles. The molecule has 4 nitrogen and oxygen atoms in total. The molecule has 1 heterocycles. The van der Waals surface area contributed by atoms with Crippen molar-refractivity contribution in [1.29, 1.82) is 0 Å². The smallest absolute Gasteiger partial charge is 0.252 e. The molecule has 0 bridgehead atoms. The van der Waals surface area contributed by atoms with Gasteiger partial charge in [0.05, 0.1) is 11.7 Å². The van der Waals surface area contributed by atoms with Gasteiger partial charge >= 0.3 is 0 Å². The zero-order valence-corrected chi connectivity index (χ0v) is 12.6. The second kappa shape index (κ2) is 6.44. The van der Waals surface area contributed by atoms with E-state index < -0.39 is 0 Å². The lowest BCUT2D eigenvalue weighted by Gasteiger charge is -2.15. The van der Waals surface area contributed by atoms with Gasteiger partial charge in [0.25, 0.3) is 5.56 Å². The lowest BCUT2D eigenvalue weighted by molar-refractivity contribution is 0.628. The SMILES string of the molecule is CC(Nc1nc(-c2ccc(F)cc2)cc(=O)[nH]1)c1ccccc1. The molecule has 3 aromatic rings. The van der Waals surface area contributed by atoms with Crippen LogP contribution in [0.2, 0.25) is 0 Å². The standard InChI is InChI=1S/C18H16FN3O/c1-12(13-5-3-2-4-6-13)20-18-21-16(11-17(23)22-18)14-7-9-15(19)10-8-14/h2-12H,1H3,(H2,20,21,22,23). The van der Waals surface area contributed by atoms with Crippen LogP contribution >= 0.6 is 0 Å². The summed E-state index contributed by atoms with van der Waals surface area (Å²) in [4.78, 5) is 18.9. The maximum Gasteiger partial charge on any atom is 0.252 e. The maximum atomic E-state index is 13.0.